The zero-order chi connectivity index (χ0) is 26.5. The van der Waals surface area contributed by atoms with Gasteiger partial charge in [0.2, 0.25) is 0 Å². The van der Waals surface area contributed by atoms with Crippen LogP contribution in [-0.2, 0) is 26.6 Å². The van der Waals surface area contributed by atoms with E-state index in [1.807, 2.05) is 66.1 Å². The van der Waals surface area contributed by atoms with E-state index in [1.54, 1.807) is 0 Å². The maximum absolute atomic E-state index is 5.92. The zero-order valence-electron chi connectivity index (χ0n) is 23.3. The molecule has 0 spiro atoms. The predicted octanol–water partition coefficient (Wildman–Crippen LogP) is 5.40. The van der Waals surface area contributed by atoms with E-state index in [4.69, 9.17) is 26.6 Å². The van der Waals surface area contributed by atoms with Gasteiger partial charge in [-0.2, -0.15) is 0 Å². The minimum atomic E-state index is -2.61. The number of benzene rings is 1. The van der Waals surface area contributed by atoms with Gasteiger partial charge in [-0.05, 0) is 54.4 Å². The van der Waals surface area contributed by atoms with E-state index >= 15 is 0 Å². The third-order valence-corrected chi connectivity index (χ3v) is 11.5. The van der Waals surface area contributed by atoms with Crippen molar-refractivity contribution in [2.45, 2.75) is 66.5 Å². The highest BCUT2D eigenvalue weighted by Crippen LogP contribution is 2.19. The molecule has 0 saturated carbocycles. The van der Waals surface area contributed by atoms with Crippen LogP contribution in [0.1, 0.15) is 65.5 Å². The van der Waals surface area contributed by atoms with Gasteiger partial charge in [-0.1, -0.05) is 24.3 Å². The first-order chi connectivity index (χ1) is 17.5. The molecule has 1 rings (SSSR count). The average molecular weight is 541 g/mol. The molecule has 0 bridgehead atoms. The lowest BCUT2D eigenvalue weighted by atomic mass is 10.1. The SMILES string of the molecule is CCO[Si](CCCN=Cc1ccccc1C=NCCC[Si](OCC)(OCC)OCC)(OCC)OCC. The van der Waals surface area contributed by atoms with E-state index in [0.717, 1.165) is 36.1 Å². The van der Waals surface area contributed by atoms with Gasteiger partial charge < -0.3 is 26.6 Å². The second-order valence-corrected chi connectivity index (χ2v) is 13.3. The molecular formula is C26H48N2O6Si2. The van der Waals surface area contributed by atoms with Crippen LogP contribution in [0, 0.1) is 0 Å². The Morgan fingerprint density at radius 3 is 1.14 bits per heavy atom. The van der Waals surface area contributed by atoms with Crippen LogP contribution in [0.4, 0.5) is 0 Å². The van der Waals surface area contributed by atoms with Crippen molar-refractivity contribution in [1.29, 1.82) is 0 Å². The largest absolute Gasteiger partial charge is 0.500 e. The molecule has 0 N–H and O–H groups in total. The maximum atomic E-state index is 5.92. The summed E-state index contributed by atoms with van der Waals surface area (Å²) in [6, 6.07) is 9.67. The summed E-state index contributed by atoms with van der Waals surface area (Å²) in [5, 5.41) is 0. The Morgan fingerprint density at radius 1 is 0.556 bits per heavy atom. The summed E-state index contributed by atoms with van der Waals surface area (Å²) in [7, 11) is -5.22. The topological polar surface area (TPSA) is 80.1 Å². The highest BCUT2D eigenvalue weighted by Gasteiger charge is 2.40. The van der Waals surface area contributed by atoms with Crippen LogP contribution in [0.5, 0.6) is 0 Å². The molecule has 1 aromatic rings. The van der Waals surface area contributed by atoms with Crippen LogP contribution in [0.15, 0.2) is 34.3 Å². The standard InChI is InChI=1S/C26H48N2O6Si2/c1-7-29-35(30-8-2,31-9-3)21-15-19-27-23-25-17-13-14-18-26(25)24-28-20-16-22-36(32-10-4,33-11-5)34-12-6/h13-14,17-18,23-24H,7-12,15-16,19-22H2,1-6H3. The maximum Gasteiger partial charge on any atom is 0.500 e. The van der Waals surface area contributed by atoms with Gasteiger partial charge in [0.15, 0.2) is 0 Å². The lowest BCUT2D eigenvalue weighted by Gasteiger charge is -2.28. The Labute approximate surface area is 221 Å². The first-order valence-electron chi connectivity index (χ1n) is 13.5. The Morgan fingerprint density at radius 2 is 0.861 bits per heavy atom. The van der Waals surface area contributed by atoms with Gasteiger partial charge in [0.25, 0.3) is 0 Å². The highest BCUT2D eigenvalue weighted by atomic mass is 28.4. The minimum Gasteiger partial charge on any atom is -0.374 e. The summed E-state index contributed by atoms with van der Waals surface area (Å²) < 4.78 is 35.5. The summed E-state index contributed by atoms with van der Waals surface area (Å²) in [6.07, 6.45) is 5.54. The summed E-state index contributed by atoms with van der Waals surface area (Å²) in [6.45, 7) is 16.8. The highest BCUT2D eigenvalue weighted by molar-refractivity contribution is 6.61. The normalized spacial score (nSPS) is 12.8. The van der Waals surface area contributed by atoms with Crippen molar-refractivity contribution in [2.75, 3.05) is 52.7 Å². The molecule has 10 heteroatoms. The molecular weight excluding hydrogens is 492 g/mol. The molecule has 0 heterocycles. The third-order valence-electron chi connectivity index (χ3n) is 5.18. The van der Waals surface area contributed by atoms with Gasteiger partial charge in [0.1, 0.15) is 0 Å². The van der Waals surface area contributed by atoms with Crippen LogP contribution >= 0.6 is 0 Å². The van der Waals surface area contributed by atoms with Gasteiger partial charge >= 0.3 is 17.6 Å². The number of hydrogen-bond acceptors (Lipinski definition) is 8. The number of nitrogens with zero attached hydrogens (tertiary/aromatic N) is 2. The van der Waals surface area contributed by atoms with Crippen molar-refractivity contribution in [2.24, 2.45) is 9.98 Å². The van der Waals surface area contributed by atoms with E-state index in [1.165, 1.54) is 0 Å². The first-order valence-corrected chi connectivity index (χ1v) is 17.3. The van der Waals surface area contributed by atoms with Crippen molar-refractivity contribution in [3.05, 3.63) is 35.4 Å². The van der Waals surface area contributed by atoms with Crippen LogP contribution in [0.2, 0.25) is 12.1 Å². The molecule has 1 aromatic carbocycles. The lowest BCUT2D eigenvalue weighted by Crippen LogP contribution is -2.46. The first kappa shape index (κ1) is 32.8. The van der Waals surface area contributed by atoms with Crippen molar-refractivity contribution in [3.8, 4) is 0 Å². The van der Waals surface area contributed by atoms with E-state index in [9.17, 15) is 0 Å². The molecule has 0 radical (unpaired) electrons. The van der Waals surface area contributed by atoms with Crippen molar-refractivity contribution >= 4 is 30.0 Å². The molecule has 0 aliphatic carbocycles. The third kappa shape index (κ3) is 12.3. The molecule has 0 aliphatic heterocycles. The van der Waals surface area contributed by atoms with Gasteiger partial charge in [-0.25, -0.2) is 0 Å². The van der Waals surface area contributed by atoms with Crippen LogP contribution in [-0.4, -0.2) is 82.8 Å². The Balaban J connectivity index is 2.65. The number of rotatable bonds is 22. The van der Waals surface area contributed by atoms with Gasteiger partial charge in [0, 0.05) is 88.4 Å². The fraction of sp³-hybridized carbons (Fsp3) is 0.692. The Kier molecular flexibility index (Phi) is 18.0. The van der Waals surface area contributed by atoms with Crippen LogP contribution in [0.3, 0.4) is 0 Å². The molecule has 206 valence electrons. The van der Waals surface area contributed by atoms with Crippen LogP contribution in [0.25, 0.3) is 0 Å². The minimum absolute atomic E-state index is 0.592. The molecule has 0 amide bonds. The quantitative estimate of drug-likeness (QED) is 0.111. The van der Waals surface area contributed by atoms with Gasteiger partial charge in [-0.3, -0.25) is 9.98 Å². The predicted molar refractivity (Wildman–Crippen MR) is 151 cm³/mol. The summed E-state index contributed by atoms with van der Waals surface area (Å²) in [5.41, 5.74) is 2.09. The Bertz CT molecular complexity index is 656. The molecule has 0 saturated heterocycles. The molecule has 36 heavy (non-hydrogen) atoms. The summed E-state index contributed by atoms with van der Waals surface area (Å²) in [5.74, 6) is 0. The fourth-order valence-electron chi connectivity index (χ4n) is 3.85. The monoisotopic (exact) mass is 540 g/mol. The second-order valence-electron chi connectivity index (χ2n) is 7.87. The van der Waals surface area contributed by atoms with Gasteiger partial charge in [-0.15, -0.1) is 0 Å². The van der Waals surface area contributed by atoms with E-state index < -0.39 is 17.6 Å². The molecule has 0 atom stereocenters. The molecule has 0 aliphatic rings. The molecule has 0 fully saturated rings. The Hall–Kier alpha value is -1.25. The van der Waals surface area contributed by atoms with E-state index in [2.05, 4.69) is 22.1 Å². The van der Waals surface area contributed by atoms with Crippen LogP contribution < -0.4 is 0 Å². The second kappa shape index (κ2) is 19.8. The zero-order valence-corrected chi connectivity index (χ0v) is 25.3. The molecule has 8 nitrogen and oxygen atoms in total. The van der Waals surface area contributed by atoms with E-state index in [0.29, 0.717) is 52.7 Å². The van der Waals surface area contributed by atoms with Crippen molar-refractivity contribution < 1.29 is 26.6 Å². The lowest BCUT2D eigenvalue weighted by molar-refractivity contribution is 0.0702. The number of hydrogen-bond donors (Lipinski definition) is 0. The van der Waals surface area contributed by atoms with Crippen molar-refractivity contribution in [3.63, 3.8) is 0 Å². The molecule has 0 unspecified atom stereocenters. The van der Waals surface area contributed by atoms with Crippen molar-refractivity contribution in [1.82, 2.24) is 0 Å². The summed E-state index contributed by atoms with van der Waals surface area (Å²) >= 11 is 0. The number of aliphatic imine (C=N–C) groups is 2. The average Bonchev–Trinajstić information content (AvgIpc) is 2.85. The fourth-order valence-corrected chi connectivity index (χ4v) is 9.04. The van der Waals surface area contributed by atoms with Gasteiger partial charge in [0.05, 0.1) is 0 Å². The molecule has 0 aromatic heterocycles. The summed E-state index contributed by atoms with van der Waals surface area (Å²) in [4.78, 5) is 9.30. The van der Waals surface area contributed by atoms with E-state index in [-0.39, 0.29) is 0 Å². The smallest absolute Gasteiger partial charge is 0.374 e.